The third-order valence-corrected chi connectivity index (χ3v) is 4.92. The molecule has 1 aromatic carbocycles. The van der Waals surface area contributed by atoms with E-state index in [4.69, 9.17) is 9.47 Å². The molecule has 0 bridgehead atoms. The molecular weight excluding hydrogens is 362 g/mol. The fraction of sp³-hybridized carbons (Fsp3) is 0.462. The average molecular weight is 380 g/mol. The van der Waals surface area contributed by atoms with E-state index in [0.717, 1.165) is 4.31 Å². The van der Waals surface area contributed by atoms with Crippen molar-refractivity contribution in [2.24, 2.45) is 0 Å². The Morgan fingerprint density at radius 2 is 2.10 bits per heavy atom. The van der Waals surface area contributed by atoms with E-state index in [2.05, 4.69) is 15.9 Å². The van der Waals surface area contributed by atoms with Crippen LogP contribution in [0.3, 0.4) is 0 Å². The number of rotatable bonds is 8. The summed E-state index contributed by atoms with van der Waals surface area (Å²) < 4.78 is 36.6. The highest BCUT2D eigenvalue weighted by Gasteiger charge is 2.27. The van der Waals surface area contributed by atoms with Crippen LogP contribution in [-0.4, -0.2) is 52.1 Å². The molecule has 0 atom stereocenters. The van der Waals surface area contributed by atoms with Gasteiger partial charge in [-0.1, -0.05) is 22.0 Å². The Kier molecular flexibility index (Phi) is 7.30. The fourth-order valence-corrected chi connectivity index (χ4v) is 3.57. The molecule has 0 aliphatic heterocycles. The van der Waals surface area contributed by atoms with E-state index in [1.807, 2.05) is 0 Å². The van der Waals surface area contributed by atoms with Crippen LogP contribution >= 0.6 is 15.9 Å². The molecule has 21 heavy (non-hydrogen) atoms. The lowest BCUT2D eigenvalue weighted by Crippen LogP contribution is -2.38. The number of hydrogen-bond donors (Lipinski definition) is 0. The molecular formula is C13H18BrNO5S. The van der Waals surface area contributed by atoms with Crippen molar-refractivity contribution in [1.82, 2.24) is 4.31 Å². The minimum absolute atomic E-state index is 0.0736. The Morgan fingerprint density at radius 1 is 1.38 bits per heavy atom. The number of methoxy groups -OCH3 is 1. The van der Waals surface area contributed by atoms with Crippen LogP contribution in [0.2, 0.25) is 0 Å². The van der Waals surface area contributed by atoms with Gasteiger partial charge in [-0.25, -0.2) is 8.42 Å². The van der Waals surface area contributed by atoms with Gasteiger partial charge in [0.05, 0.1) is 18.1 Å². The molecule has 0 radical (unpaired) electrons. The molecule has 6 nitrogen and oxygen atoms in total. The summed E-state index contributed by atoms with van der Waals surface area (Å²) in [6.45, 7) is 1.79. The molecule has 1 rings (SSSR count). The molecule has 0 saturated carbocycles. The van der Waals surface area contributed by atoms with Gasteiger partial charge in [0.15, 0.2) is 0 Å². The van der Waals surface area contributed by atoms with Gasteiger partial charge >= 0.3 is 5.97 Å². The molecule has 0 saturated heterocycles. The normalized spacial score (nSPS) is 11.6. The van der Waals surface area contributed by atoms with E-state index in [-0.39, 0.29) is 31.2 Å². The van der Waals surface area contributed by atoms with Gasteiger partial charge in [0.2, 0.25) is 10.0 Å². The van der Waals surface area contributed by atoms with E-state index in [9.17, 15) is 13.2 Å². The molecule has 1 aromatic rings. The lowest BCUT2D eigenvalue weighted by molar-refractivity contribution is -0.143. The topological polar surface area (TPSA) is 72.9 Å². The molecule has 0 unspecified atom stereocenters. The molecule has 0 aliphatic rings. The third-order valence-electron chi connectivity index (χ3n) is 2.59. The van der Waals surface area contributed by atoms with E-state index in [1.54, 1.807) is 19.1 Å². The van der Waals surface area contributed by atoms with Crippen molar-refractivity contribution in [2.45, 2.75) is 11.8 Å². The predicted molar refractivity (Wildman–Crippen MR) is 81.4 cm³/mol. The molecule has 0 aromatic heterocycles. The summed E-state index contributed by atoms with van der Waals surface area (Å²) in [5.74, 6) is -0.591. The van der Waals surface area contributed by atoms with Crippen LogP contribution in [0.25, 0.3) is 0 Å². The highest BCUT2D eigenvalue weighted by atomic mass is 79.9. The van der Waals surface area contributed by atoms with E-state index in [1.165, 1.54) is 19.2 Å². The largest absolute Gasteiger partial charge is 0.465 e. The Labute approximate surface area is 133 Å². The minimum atomic E-state index is -3.79. The highest BCUT2D eigenvalue weighted by molar-refractivity contribution is 9.10. The van der Waals surface area contributed by atoms with Crippen LogP contribution in [-0.2, 0) is 24.3 Å². The Morgan fingerprint density at radius 3 is 2.67 bits per heavy atom. The number of carbonyl (C=O) groups is 1. The Balaban J connectivity index is 3.02. The van der Waals surface area contributed by atoms with Crippen molar-refractivity contribution in [3.8, 4) is 0 Å². The number of benzene rings is 1. The number of esters is 1. The molecule has 118 valence electrons. The number of ether oxygens (including phenoxy) is 2. The maximum Gasteiger partial charge on any atom is 0.321 e. The molecule has 8 heteroatoms. The van der Waals surface area contributed by atoms with Crippen LogP contribution in [0.4, 0.5) is 0 Å². The van der Waals surface area contributed by atoms with Crippen LogP contribution in [0.15, 0.2) is 33.6 Å². The smallest absolute Gasteiger partial charge is 0.321 e. The van der Waals surface area contributed by atoms with Crippen molar-refractivity contribution in [3.63, 3.8) is 0 Å². The molecule has 0 amide bonds. The Hall–Kier alpha value is -0.960. The average Bonchev–Trinajstić information content (AvgIpc) is 2.43. The van der Waals surface area contributed by atoms with Crippen LogP contribution < -0.4 is 0 Å². The molecule has 0 N–H and O–H groups in total. The fourth-order valence-electron chi connectivity index (χ4n) is 1.60. The lowest BCUT2D eigenvalue weighted by Gasteiger charge is -2.21. The molecule has 0 aliphatic carbocycles. The summed E-state index contributed by atoms with van der Waals surface area (Å²) in [4.78, 5) is 11.7. The highest BCUT2D eigenvalue weighted by Crippen LogP contribution is 2.20. The number of nitrogens with zero attached hydrogens (tertiary/aromatic N) is 1. The van der Waals surface area contributed by atoms with Gasteiger partial charge in [-0.05, 0) is 25.1 Å². The zero-order chi connectivity index (χ0) is 15.9. The van der Waals surface area contributed by atoms with Gasteiger partial charge in [-0.3, -0.25) is 4.79 Å². The maximum absolute atomic E-state index is 12.6. The maximum atomic E-state index is 12.6. The molecule has 0 fully saturated rings. The van der Waals surface area contributed by atoms with Gasteiger partial charge in [0.1, 0.15) is 6.54 Å². The van der Waals surface area contributed by atoms with Crippen molar-refractivity contribution in [1.29, 1.82) is 0 Å². The molecule has 0 spiro atoms. The zero-order valence-electron chi connectivity index (χ0n) is 11.9. The first-order valence-electron chi connectivity index (χ1n) is 6.32. The number of hydrogen-bond acceptors (Lipinski definition) is 5. The second-order valence-electron chi connectivity index (χ2n) is 4.09. The summed E-state index contributed by atoms with van der Waals surface area (Å²) in [6.07, 6.45) is 0. The Bertz CT molecular complexity index is 576. The van der Waals surface area contributed by atoms with Gasteiger partial charge in [0.25, 0.3) is 0 Å². The van der Waals surface area contributed by atoms with E-state index in [0.29, 0.717) is 4.47 Å². The first-order valence-corrected chi connectivity index (χ1v) is 8.55. The van der Waals surface area contributed by atoms with Gasteiger partial charge in [-0.15, -0.1) is 0 Å². The number of carbonyl (C=O) groups excluding carboxylic acids is 1. The summed E-state index contributed by atoms with van der Waals surface area (Å²) >= 11 is 3.23. The SMILES string of the molecule is CCOC(=O)CN(CCOC)S(=O)(=O)c1cccc(Br)c1. The van der Waals surface area contributed by atoms with Gasteiger partial charge < -0.3 is 9.47 Å². The van der Waals surface area contributed by atoms with Crippen LogP contribution in [0, 0.1) is 0 Å². The van der Waals surface area contributed by atoms with Crippen LogP contribution in [0.1, 0.15) is 6.92 Å². The lowest BCUT2D eigenvalue weighted by atomic mass is 10.4. The summed E-state index contributed by atoms with van der Waals surface area (Å²) in [7, 11) is -2.32. The second-order valence-corrected chi connectivity index (χ2v) is 6.95. The monoisotopic (exact) mass is 379 g/mol. The number of halogens is 1. The van der Waals surface area contributed by atoms with Crippen molar-refractivity contribution >= 4 is 31.9 Å². The first-order chi connectivity index (χ1) is 9.91. The van der Waals surface area contributed by atoms with E-state index >= 15 is 0 Å². The first kappa shape index (κ1) is 18.1. The summed E-state index contributed by atoms with van der Waals surface area (Å²) in [5, 5.41) is 0. The van der Waals surface area contributed by atoms with Crippen molar-refractivity contribution in [3.05, 3.63) is 28.7 Å². The number of sulfonamides is 1. The van der Waals surface area contributed by atoms with E-state index < -0.39 is 16.0 Å². The third kappa shape index (κ3) is 5.39. The quantitative estimate of drug-likeness (QED) is 0.642. The van der Waals surface area contributed by atoms with Crippen molar-refractivity contribution < 1.29 is 22.7 Å². The molecule has 0 heterocycles. The van der Waals surface area contributed by atoms with Gasteiger partial charge in [-0.2, -0.15) is 4.31 Å². The summed E-state index contributed by atoms with van der Waals surface area (Å²) in [5.41, 5.74) is 0. The zero-order valence-corrected chi connectivity index (χ0v) is 14.3. The van der Waals surface area contributed by atoms with Crippen molar-refractivity contribution in [2.75, 3.05) is 33.4 Å². The minimum Gasteiger partial charge on any atom is -0.465 e. The standard InChI is InChI=1S/C13H18BrNO5S/c1-3-20-13(16)10-15(7-8-19-2)21(17,18)12-6-4-5-11(14)9-12/h4-6,9H,3,7-8,10H2,1-2H3. The summed E-state index contributed by atoms with van der Waals surface area (Å²) in [6, 6.07) is 6.31. The second kappa shape index (κ2) is 8.47. The van der Waals surface area contributed by atoms with Gasteiger partial charge in [0, 0.05) is 18.1 Å². The van der Waals surface area contributed by atoms with Crippen LogP contribution in [0.5, 0.6) is 0 Å². The predicted octanol–water partition coefficient (Wildman–Crippen LogP) is 1.65.